The number of aryl methyl sites for hydroxylation is 1. The molecule has 21 heavy (non-hydrogen) atoms. The second kappa shape index (κ2) is 5.39. The highest BCUT2D eigenvalue weighted by Gasteiger charge is 2.22. The molecule has 1 aromatic carbocycles. The highest BCUT2D eigenvalue weighted by Crippen LogP contribution is 2.42. The van der Waals surface area contributed by atoms with E-state index in [0.717, 1.165) is 5.69 Å². The minimum atomic E-state index is 0.491. The first-order valence-corrected chi connectivity index (χ1v) is 7.03. The summed E-state index contributed by atoms with van der Waals surface area (Å²) in [6.07, 6.45) is 1.71. The first kappa shape index (κ1) is 13.9. The van der Waals surface area contributed by atoms with E-state index in [4.69, 9.17) is 28.9 Å². The zero-order chi connectivity index (χ0) is 15.0. The molecule has 0 bridgehead atoms. The molecule has 6 heteroatoms. The van der Waals surface area contributed by atoms with Crippen LogP contribution in [0.25, 0.3) is 22.5 Å². The third kappa shape index (κ3) is 2.37. The molecule has 2 N–H and O–H groups in total. The lowest BCUT2D eigenvalue weighted by Crippen LogP contribution is -1.98. The Hall–Kier alpha value is -2.04. The van der Waals surface area contributed by atoms with Gasteiger partial charge in [-0.25, -0.2) is 0 Å². The zero-order valence-electron chi connectivity index (χ0n) is 11.2. The Morgan fingerprint density at radius 3 is 2.33 bits per heavy atom. The molecule has 0 aliphatic rings. The Balaban J connectivity index is 2.33. The van der Waals surface area contributed by atoms with E-state index in [2.05, 4.69) is 10.1 Å². The van der Waals surface area contributed by atoms with E-state index in [-0.39, 0.29) is 0 Å². The maximum Gasteiger partial charge on any atom is 0.130 e. The molecule has 0 saturated carbocycles. The molecule has 0 atom stereocenters. The van der Waals surface area contributed by atoms with Crippen LogP contribution in [0, 0.1) is 0 Å². The van der Waals surface area contributed by atoms with Gasteiger partial charge in [-0.15, -0.1) is 0 Å². The second-order valence-electron chi connectivity index (χ2n) is 4.54. The Morgan fingerprint density at radius 2 is 1.71 bits per heavy atom. The number of nitrogens with zero attached hydrogens (tertiary/aromatic N) is 3. The predicted octanol–water partition coefficient (Wildman–Crippen LogP) is 4.04. The highest BCUT2D eigenvalue weighted by atomic mass is 35.5. The molecule has 2 aromatic heterocycles. The van der Waals surface area contributed by atoms with E-state index >= 15 is 0 Å². The van der Waals surface area contributed by atoms with Crippen LogP contribution in [-0.2, 0) is 7.05 Å². The van der Waals surface area contributed by atoms with Crippen molar-refractivity contribution in [3.05, 3.63) is 52.6 Å². The molecule has 3 rings (SSSR count). The van der Waals surface area contributed by atoms with Gasteiger partial charge in [0.1, 0.15) is 11.5 Å². The molecule has 0 spiro atoms. The summed E-state index contributed by atoms with van der Waals surface area (Å²) in [4.78, 5) is 4.33. The molecule has 4 nitrogen and oxygen atoms in total. The third-order valence-electron chi connectivity index (χ3n) is 3.21. The summed E-state index contributed by atoms with van der Waals surface area (Å²) >= 11 is 12.6. The van der Waals surface area contributed by atoms with Crippen molar-refractivity contribution >= 4 is 29.0 Å². The molecular formula is C15H12Cl2N4. The summed E-state index contributed by atoms with van der Waals surface area (Å²) in [5.41, 5.74) is 8.92. The van der Waals surface area contributed by atoms with Crippen LogP contribution in [0.3, 0.4) is 0 Å². The molecule has 0 saturated heterocycles. The topological polar surface area (TPSA) is 56.7 Å². The Morgan fingerprint density at radius 1 is 1.00 bits per heavy atom. The fraction of sp³-hybridized carbons (Fsp3) is 0.0667. The number of nitrogens with two attached hydrogens (primary N) is 1. The van der Waals surface area contributed by atoms with Crippen LogP contribution in [0.5, 0.6) is 0 Å². The summed E-state index contributed by atoms with van der Waals surface area (Å²) in [6, 6.07) is 11.0. The molecule has 0 radical (unpaired) electrons. The smallest absolute Gasteiger partial charge is 0.130 e. The van der Waals surface area contributed by atoms with Gasteiger partial charge in [0, 0.05) is 18.8 Å². The molecule has 0 amide bonds. The molecule has 0 aliphatic heterocycles. The van der Waals surface area contributed by atoms with Gasteiger partial charge in [0.05, 0.1) is 21.3 Å². The van der Waals surface area contributed by atoms with Gasteiger partial charge in [-0.3, -0.25) is 9.67 Å². The minimum Gasteiger partial charge on any atom is -0.383 e. The van der Waals surface area contributed by atoms with E-state index in [1.807, 2.05) is 18.2 Å². The van der Waals surface area contributed by atoms with Crippen molar-refractivity contribution in [1.82, 2.24) is 14.8 Å². The Bertz CT molecular complexity index is 777. The van der Waals surface area contributed by atoms with Crippen LogP contribution in [0.1, 0.15) is 0 Å². The Kier molecular flexibility index (Phi) is 3.57. The van der Waals surface area contributed by atoms with Gasteiger partial charge in [-0.2, -0.15) is 5.10 Å². The van der Waals surface area contributed by atoms with Gasteiger partial charge >= 0.3 is 0 Å². The van der Waals surface area contributed by atoms with Crippen LogP contribution >= 0.6 is 23.2 Å². The number of hydrogen-bond donors (Lipinski definition) is 1. The van der Waals surface area contributed by atoms with E-state index in [0.29, 0.717) is 32.7 Å². The first-order chi connectivity index (χ1) is 10.1. The van der Waals surface area contributed by atoms with Crippen molar-refractivity contribution in [2.45, 2.75) is 0 Å². The van der Waals surface area contributed by atoms with Crippen molar-refractivity contribution in [2.75, 3.05) is 5.73 Å². The number of nitrogen functional groups attached to an aromatic ring is 1. The summed E-state index contributed by atoms with van der Waals surface area (Å²) < 4.78 is 1.60. The molecule has 2 heterocycles. The third-order valence-corrected chi connectivity index (χ3v) is 3.84. The van der Waals surface area contributed by atoms with Crippen LogP contribution in [-0.4, -0.2) is 14.8 Å². The van der Waals surface area contributed by atoms with Crippen molar-refractivity contribution in [1.29, 1.82) is 0 Å². The van der Waals surface area contributed by atoms with Crippen molar-refractivity contribution in [2.24, 2.45) is 7.05 Å². The van der Waals surface area contributed by atoms with Gasteiger partial charge in [0.2, 0.25) is 0 Å². The molecule has 3 aromatic rings. The monoisotopic (exact) mass is 318 g/mol. The van der Waals surface area contributed by atoms with Crippen LogP contribution < -0.4 is 5.73 Å². The number of aromatic nitrogens is 3. The van der Waals surface area contributed by atoms with Crippen molar-refractivity contribution < 1.29 is 0 Å². The van der Waals surface area contributed by atoms with E-state index in [9.17, 15) is 0 Å². The quantitative estimate of drug-likeness (QED) is 0.775. The van der Waals surface area contributed by atoms with Crippen molar-refractivity contribution in [3.63, 3.8) is 0 Å². The Labute approximate surface area is 132 Å². The minimum absolute atomic E-state index is 0.491. The maximum atomic E-state index is 6.31. The van der Waals surface area contributed by atoms with Crippen LogP contribution in [0.2, 0.25) is 10.0 Å². The lowest BCUT2D eigenvalue weighted by Gasteiger charge is -2.08. The normalized spacial score (nSPS) is 10.8. The number of hydrogen-bond acceptors (Lipinski definition) is 3. The van der Waals surface area contributed by atoms with Gasteiger partial charge in [0.25, 0.3) is 0 Å². The van der Waals surface area contributed by atoms with Gasteiger partial charge < -0.3 is 5.73 Å². The summed E-state index contributed by atoms with van der Waals surface area (Å²) in [5, 5.41) is 5.51. The predicted molar refractivity (Wildman–Crippen MR) is 86.3 cm³/mol. The zero-order valence-corrected chi connectivity index (χ0v) is 12.7. The summed E-state index contributed by atoms with van der Waals surface area (Å²) in [7, 11) is 1.77. The maximum absolute atomic E-state index is 6.31. The largest absolute Gasteiger partial charge is 0.383 e. The van der Waals surface area contributed by atoms with Gasteiger partial charge in [-0.1, -0.05) is 35.3 Å². The average molecular weight is 319 g/mol. The number of rotatable bonds is 2. The highest BCUT2D eigenvalue weighted by molar-refractivity contribution is 6.39. The fourth-order valence-electron chi connectivity index (χ4n) is 2.20. The molecule has 0 fully saturated rings. The van der Waals surface area contributed by atoms with Crippen molar-refractivity contribution in [3.8, 4) is 22.5 Å². The van der Waals surface area contributed by atoms with Crippen LogP contribution in [0.4, 0.5) is 5.82 Å². The average Bonchev–Trinajstić information content (AvgIpc) is 2.77. The number of anilines is 1. The molecule has 0 aliphatic carbocycles. The van der Waals surface area contributed by atoms with Gasteiger partial charge in [0.15, 0.2) is 0 Å². The lowest BCUT2D eigenvalue weighted by molar-refractivity contribution is 0.781. The molecule has 106 valence electrons. The first-order valence-electron chi connectivity index (χ1n) is 6.28. The standard InChI is InChI=1S/C15H12Cl2N4/c1-21-15(18)13(12-9(16)5-4-6-10(12)17)14(20-21)11-7-2-3-8-19-11/h2-8H,18H2,1H3. The number of pyridine rings is 1. The van der Waals surface area contributed by atoms with E-state index < -0.39 is 0 Å². The van der Waals surface area contributed by atoms with E-state index in [1.165, 1.54) is 0 Å². The molecule has 0 unspecified atom stereocenters. The lowest BCUT2D eigenvalue weighted by atomic mass is 10.0. The second-order valence-corrected chi connectivity index (χ2v) is 5.36. The van der Waals surface area contributed by atoms with Gasteiger partial charge in [-0.05, 0) is 24.3 Å². The van der Waals surface area contributed by atoms with Crippen LogP contribution in [0.15, 0.2) is 42.6 Å². The number of benzene rings is 1. The summed E-state index contributed by atoms with van der Waals surface area (Å²) in [6.45, 7) is 0. The fourth-order valence-corrected chi connectivity index (χ4v) is 2.79. The number of halogens is 2. The summed E-state index contributed by atoms with van der Waals surface area (Å²) in [5.74, 6) is 0.491. The van der Waals surface area contributed by atoms with E-state index in [1.54, 1.807) is 36.1 Å². The molecular weight excluding hydrogens is 307 g/mol. The SMILES string of the molecule is Cn1nc(-c2ccccn2)c(-c2c(Cl)cccc2Cl)c1N.